The van der Waals surface area contributed by atoms with Gasteiger partial charge >= 0.3 is 6.09 Å². The van der Waals surface area contributed by atoms with E-state index >= 15 is 0 Å². The molecule has 0 aliphatic carbocycles. The number of fused-ring (bicyclic) bond motifs is 2. The highest BCUT2D eigenvalue weighted by Crippen LogP contribution is 2.34. The lowest BCUT2D eigenvalue weighted by molar-refractivity contribution is -0.108. The summed E-state index contributed by atoms with van der Waals surface area (Å²) in [6.07, 6.45) is 0.483. The van der Waals surface area contributed by atoms with E-state index in [0.29, 0.717) is 0 Å². The highest BCUT2D eigenvalue weighted by Gasteiger charge is 2.23. The minimum absolute atomic E-state index is 0.178. The van der Waals surface area contributed by atoms with Crippen molar-refractivity contribution in [3.63, 3.8) is 0 Å². The smallest absolute Gasteiger partial charge is 0.408 e. The molecule has 0 aliphatic heterocycles. The van der Waals surface area contributed by atoms with Crippen molar-refractivity contribution in [1.82, 2.24) is 5.32 Å². The highest BCUT2D eigenvalue weighted by molar-refractivity contribution is 6.03. The van der Waals surface area contributed by atoms with Gasteiger partial charge in [0.2, 0.25) is 0 Å². The van der Waals surface area contributed by atoms with E-state index < -0.39 is 17.7 Å². The van der Waals surface area contributed by atoms with Gasteiger partial charge < -0.3 is 14.8 Å². The van der Waals surface area contributed by atoms with E-state index in [1.54, 1.807) is 0 Å². The second-order valence-corrected chi connectivity index (χ2v) is 7.33. The Hall–Kier alpha value is -2.88. The average Bonchev–Trinajstić information content (AvgIpc) is 2.57. The molecule has 0 radical (unpaired) electrons. The molecule has 3 rings (SSSR count). The fraction of sp³-hybridized carbons (Fsp3) is 0.273. The van der Waals surface area contributed by atoms with Crippen LogP contribution < -0.4 is 5.32 Å². The molecule has 0 unspecified atom stereocenters. The zero-order chi connectivity index (χ0) is 18.7. The first-order valence-corrected chi connectivity index (χ1v) is 8.72. The second kappa shape index (κ2) is 7.16. The van der Waals surface area contributed by atoms with Crippen molar-refractivity contribution in [2.75, 3.05) is 0 Å². The zero-order valence-electron chi connectivity index (χ0n) is 15.3. The SMILES string of the molecule is CC(C)(C)OC(=O)N[C@H](CC=O)c1c2ccccc2cc2ccccc12. The third kappa shape index (κ3) is 3.85. The van der Waals surface area contributed by atoms with E-state index in [1.165, 1.54) is 0 Å². The summed E-state index contributed by atoms with van der Waals surface area (Å²) in [4.78, 5) is 23.7. The number of ether oxygens (including phenoxy) is 1. The topological polar surface area (TPSA) is 55.4 Å². The lowest BCUT2D eigenvalue weighted by atomic mass is 9.91. The Balaban J connectivity index is 2.14. The van der Waals surface area contributed by atoms with Crippen LogP contribution in [0.25, 0.3) is 21.5 Å². The standard InChI is InChI=1S/C22H23NO3/c1-22(2,3)26-21(25)23-19(12-13-24)20-17-10-6-4-8-15(17)14-16-9-5-7-11-18(16)20/h4-11,13-14,19H,12H2,1-3H3,(H,23,25)/t19-/m1/s1. The molecule has 3 aromatic carbocycles. The molecule has 0 bridgehead atoms. The van der Waals surface area contributed by atoms with E-state index in [9.17, 15) is 9.59 Å². The normalized spacial score (nSPS) is 12.7. The minimum atomic E-state index is -0.601. The van der Waals surface area contributed by atoms with Crippen LogP contribution in [0.5, 0.6) is 0 Å². The van der Waals surface area contributed by atoms with Crippen molar-refractivity contribution < 1.29 is 14.3 Å². The number of alkyl carbamates (subject to hydrolysis) is 1. The predicted molar refractivity (Wildman–Crippen MR) is 104 cm³/mol. The molecule has 0 aliphatic rings. The molecule has 0 heterocycles. The van der Waals surface area contributed by atoms with Crippen LogP contribution in [0.2, 0.25) is 0 Å². The van der Waals surface area contributed by atoms with Crippen LogP contribution in [-0.2, 0) is 9.53 Å². The number of aldehydes is 1. The van der Waals surface area contributed by atoms with Gasteiger partial charge in [-0.2, -0.15) is 0 Å². The summed E-state index contributed by atoms with van der Waals surface area (Å²) in [7, 11) is 0. The molecule has 0 spiro atoms. The molecular formula is C22H23NO3. The fourth-order valence-corrected chi connectivity index (χ4v) is 3.22. The van der Waals surface area contributed by atoms with Crippen LogP contribution in [0.3, 0.4) is 0 Å². The van der Waals surface area contributed by atoms with Crippen molar-refractivity contribution in [3.8, 4) is 0 Å². The number of hydrogen-bond donors (Lipinski definition) is 1. The molecule has 0 saturated carbocycles. The van der Waals surface area contributed by atoms with E-state index in [4.69, 9.17) is 4.74 Å². The van der Waals surface area contributed by atoms with Crippen LogP contribution in [0.15, 0.2) is 54.6 Å². The van der Waals surface area contributed by atoms with Gasteiger partial charge in [-0.25, -0.2) is 4.79 Å². The van der Waals surface area contributed by atoms with Crippen LogP contribution in [0.4, 0.5) is 4.79 Å². The first-order valence-electron chi connectivity index (χ1n) is 8.72. The molecule has 0 saturated heterocycles. The number of benzene rings is 3. The minimum Gasteiger partial charge on any atom is -0.444 e. The van der Waals surface area contributed by atoms with Crippen LogP contribution in [0, 0.1) is 0 Å². The molecule has 134 valence electrons. The Morgan fingerprint density at radius 2 is 1.58 bits per heavy atom. The predicted octanol–water partition coefficient (Wildman–Crippen LogP) is 5.15. The van der Waals surface area contributed by atoms with Crippen LogP contribution >= 0.6 is 0 Å². The molecular weight excluding hydrogens is 326 g/mol. The second-order valence-electron chi connectivity index (χ2n) is 7.33. The molecule has 0 aromatic heterocycles. The maximum atomic E-state index is 12.3. The number of nitrogens with one attached hydrogen (secondary N) is 1. The lowest BCUT2D eigenvalue weighted by Gasteiger charge is -2.24. The molecule has 1 amide bonds. The summed E-state index contributed by atoms with van der Waals surface area (Å²) in [5, 5.41) is 7.07. The average molecular weight is 349 g/mol. The first kappa shape index (κ1) is 17.9. The summed E-state index contributed by atoms with van der Waals surface area (Å²) in [6.45, 7) is 5.44. The van der Waals surface area contributed by atoms with Gasteiger partial charge in [0.1, 0.15) is 11.9 Å². The van der Waals surface area contributed by atoms with Gasteiger partial charge in [0.05, 0.1) is 6.04 Å². The number of hydrogen-bond acceptors (Lipinski definition) is 3. The van der Waals surface area contributed by atoms with Gasteiger partial charge in [0.15, 0.2) is 0 Å². The Labute approximate surface area is 153 Å². The van der Waals surface area contributed by atoms with Crippen molar-refractivity contribution in [1.29, 1.82) is 0 Å². The van der Waals surface area contributed by atoms with Crippen molar-refractivity contribution in [2.24, 2.45) is 0 Å². The molecule has 4 nitrogen and oxygen atoms in total. The molecule has 26 heavy (non-hydrogen) atoms. The Bertz CT molecular complexity index is 902. The first-order chi connectivity index (χ1) is 12.4. The fourth-order valence-electron chi connectivity index (χ4n) is 3.22. The van der Waals surface area contributed by atoms with Gasteiger partial charge in [-0.3, -0.25) is 0 Å². The summed E-state index contributed by atoms with van der Waals surface area (Å²) in [5.41, 5.74) is 0.341. The summed E-state index contributed by atoms with van der Waals surface area (Å²) >= 11 is 0. The maximum Gasteiger partial charge on any atom is 0.408 e. The van der Waals surface area contributed by atoms with Crippen LogP contribution in [0.1, 0.15) is 38.8 Å². The van der Waals surface area contributed by atoms with Crippen LogP contribution in [-0.4, -0.2) is 18.0 Å². The maximum absolute atomic E-state index is 12.3. The van der Waals surface area contributed by atoms with Crippen molar-refractivity contribution >= 4 is 33.9 Å². The zero-order valence-corrected chi connectivity index (χ0v) is 15.3. The number of carbonyl (C=O) groups is 2. The number of rotatable bonds is 4. The quantitative estimate of drug-likeness (QED) is 0.523. The van der Waals surface area contributed by atoms with Gasteiger partial charge in [-0.05, 0) is 53.9 Å². The summed E-state index contributed by atoms with van der Waals surface area (Å²) in [6, 6.07) is 17.7. The Morgan fingerprint density at radius 3 is 2.08 bits per heavy atom. The summed E-state index contributed by atoms with van der Waals surface area (Å²) in [5.74, 6) is 0. The van der Waals surface area contributed by atoms with Gasteiger partial charge in [0, 0.05) is 6.42 Å². The molecule has 4 heteroatoms. The van der Waals surface area contributed by atoms with E-state index in [1.807, 2.05) is 69.3 Å². The molecule has 0 fully saturated rings. The molecule has 1 atom stereocenters. The Morgan fingerprint density at radius 1 is 1.04 bits per heavy atom. The lowest BCUT2D eigenvalue weighted by Crippen LogP contribution is -2.35. The van der Waals surface area contributed by atoms with Gasteiger partial charge in [-0.1, -0.05) is 48.5 Å². The number of amides is 1. The van der Waals surface area contributed by atoms with Crippen molar-refractivity contribution in [3.05, 3.63) is 60.2 Å². The van der Waals surface area contributed by atoms with Gasteiger partial charge in [0.25, 0.3) is 0 Å². The Kier molecular flexibility index (Phi) is 4.94. The molecule has 3 aromatic rings. The summed E-state index contributed by atoms with van der Waals surface area (Å²) < 4.78 is 5.39. The van der Waals surface area contributed by atoms with E-state index in [-0.39, 0.29) is 6.42 Å². The van der Waals surface area contributed by atoms with E-state index in [0.717, 1.165) is 33.4 Å². The highest BCUT2D eigenvalue weighted by atomic mass is 16.6. The monoisotopic (exact) mass is 349 g/mol. The molecule has 1 N–H and O–H groups in total. The van der Waals surface area contributed by atoms with Gasteiger partial charge in [-0.15, -0.1) is 0 Å². The van der Waals surface area contributed by atoms with Crippen molar-refractivity contribution in [2.45, 2.75) is 38.8 Å². The van der Waals surface area contributed by atoms with E-state index in [2.05, 4.69) is 11.4 Å². The largest absolute Gasteiger partial charge is 0.444 e. The third-order valence-corrected chi connectivity index (χ3v) is 4.18. The third-order valence-electron chi connectivity index (χ3n) is 4.18. The number of carbonyl (C=O) groups excluding carboxylic acids is 2.